The monoisotopic (exact) mass is 381 g/mol. The number of carbonyl (C=O) groups excluding carboxylic acids is 3. The van der Waals surface area contributed by atoms with Gasteiger partial charge in [-0.1, -0.05) is 12.1 Å². The van der Waals surface area contributed by atoms with Crippen LogP contribution >= 0.6 is 11.3 Å². The van der Waals surface area contributed by atoms with Gasteiger partial charge >= 0.3 is 0 Å². The van der Waals surface area contributed by atoms with Gasteiger partial charge in [0.15, 0.2) is 0 Å². The Morgan fingerprint density at radius 3 is 2.38 bits per heavy atom. The Kier molecular flexibility index (Phi) is 6.79. The second-order valence-corrected chi connectivity index (χ2v) is 6.16. The van der Waals surface area contributed by atoms with Crippen LogP contribution in [0.25, 0.3) is 0 Å². The van der Waals surface area contributed by atoms with E-state index in [0.29, 0.717) is 4.88 Å². The van der Waals surface area contributed by atoms with Crippen LogP contribution in [0.5, 0.6) is 0 Å². The third-order valence-electron chi connectivity index (χ3n) is 3.44. The van der Waals surface area contributed by atoms with Crippen molar-refractivity contribution in [3.8, 4) is 0 Å². The van der Waals surface area contributed by atoms with Gasteiger partial charge in [-0.25, -0.2) is 8.78 Å². The number of hydrogen-bond donors (Lipinski definition) is 2. The Balaban J connectivity index is 1.90. The second-order valence-electron chi connectivity index (χ2n) is 5.21. The Morgan fingerprint density at radius 1 is 1.12 bits per heavy atom. The summed E-state index contributed by atoms with van der Waals surface area (Å²) in [7, 11) is 0. The van der Waals surface area contributed by atoms with Gasteiger partial charge in [0.1, 0.15) is 17.3 Å². The minimum Gasteiger partial charge on any atom is -0.342 e. The van der Waals surface area contributed by atoms with Crippen molar-refractivity contribution in [2.45, 2.75) is 6.92 Å². The number of halogens is 2. The lowest BCUT2D eigenvalue weighted by Crippen LogP contribution is -2.43. The first-order valence-electron chi connectivity index (χ1n) is 7.75. The van der Waals surface area contributed by atoms with E-state index in [2.05, 4.69) is 10.6 Å². The number of nitrogens with one attached hydrogen (secondary N) is 2. The molecular formula is C17H17F2N3O3S. The summed E-state index contributed by atoms with van der Waals surface area (Å²) in [6.07, 6.45) is 0. The Hall–Kier alpha value is -2.81. The first-order valence-corrected chi connectivity index (χ1v) is 8.63. The molecule has 9 heteroatoms. The van der Waals surface area contributed by atoms with E-state index in [1.165, 1.54) is 22.3 Å². The highest BCUT2D eigenvalue weighted by Crippen LogP contribution is 2.17. The average Bonchev–Trinajstić information content (AvgIpc) is 3.15. The molecular weight excluding hydrogens is 364 g/mol. The molecule has 0 bridgehead atoms. The summed E-state index contributed by atoms with van der Waals surface area (Å²) < 4.78 is 27.1. The van der Waals surface area contributed by atoms with Crippen LogP contribution in [0, 0.1) is 11.6 Å². The molecule has 0 aliphatic rings. The number of thiophene rings is 1. The molecule has 0 saturated heterocycles. The molecule has 0 saturated carbocycles. The Bertz CT molecular complexity index is 776. The minimum atomic E-state index is -0.907. The van der Waals surface area contributed by atoms with Crippen LogP contribution < -0.4 is 10.6 Å². The van der Waals surface area contributed by atoms with E-state index in [0.717, 1.165) is 12.1 Å². The third kappa shape index (κ3) is 5.09. The van der Waals surface area contributed by atoms with Gasteiger partial charge in [0, 0.05) is 6.54 Å². The van der Waals surface area contributed by atoms with Crippen molar-refractivity contribution in [1.82, 2.24) is 10.2 Å². The van der Waals surface area contributed by atoms with E-state index in [1.807, 2.05) is 0 Å². The fourth-order valence-electron chi connectivity index (χ4n) is 2.11. The lowest BCUT2D eigenvalue weighted by molar-refractivity contribution is -0.133. The predicted molar refractivity (Wildman–Crippen MR) is 93.9 cm³/mol. The SMILES string of the molecule is CCN(CC(=O)Nc1c(F)cccc1F)C(=O)CNC(=O)c1cccs1. The van der Waals surface area contributed by atoms with Crippen molar-refractivity contribution in [2.75, 3.05) is 25.0 Å². The van der Waals surface area contributed by atoms with E-state index in [-0.39, 0.29) is 19.0 Å². The Morgan fingerprint density at radius 2 is 1.81 bits per heavy atom. The van der Waals surface area contributed by atoms with Gasteiger partial charge in [0.2, 0.25) is 11.8 Å². The van der Waals surface area contributed by atoms with Gasteiger partial charge in [0.05, 0.1) is 18.0 Å². The molecule has 26 heavy (non-hydrogen) atoms. The fraction of sp³-hybridized carbons (Fsp3) is 0.235. The van der Waals surface area contributed by atoms with Crippen LogP contribution in [-0.4, -0.2) is 42.3 Å². The third-order valence-corrected chi connectivity index (χ3v) is 4.31. The largest absolute Gasteiger partial charge is 0.342 e. The number of hydrogen-bond acceptors (Lipinski definition) is 4. The topological polar surface area (TPSA) is 78.5 Å². The van der Waals surface area contributed by atoms with Crippen molar-refractivity contribution < 1.29 is 23.2 Å². The molecule has 0 unspecified atom stereocenters. The van der Waals surface area contributed by atoms with Gasteiger partial charge in [-0.3, -0.25) is 14.4 Å². The first-order chi connectivity index (χ1) is 12.4. The second kappa shape index (κ2) is 9.04. The van der Waals surface area contributed by atoms with E-state index in [9.17, 15) is 23.2 Å². The summed E-state index contributed by atoms with van der Waals surface area (Å²) in [6, 6.07) is 6.55. The molecule has 138 valence electrons. The number of benzene rings is 1. The molecule has 1 aromatic heterocycles. The molecule has 2 N–H and O–H groups in total. The molecule has 2 rings (SSSR count). The van der Waals surface area contributed by atoms with Crippen LogP contribution in [0.1, 0.15) is 16.6 Å². The lowest BCUT2D eigenvalue weighted by Gasteiger charge is -2.20. The van der Waals surface area contributed by atoms with Gasteiger partial charge < -0.3 is 15.5 Å². The molecule has 2 aromatic rings. The molecule has 1 heterocycles. The quantitative estimate of drug-likeness (QED) is 0.772. The van der Waals surface area contributed by atoms with Crippen LogP contribution in [0.2, 0.25) is 0 Å². The van der Waals surface area contributed by atoms with Crippen molar-refractivity contribution in [3.05, 3.63) is 52.2 Å². The van der Waals surface area contributed by atoms with Gasteiger partial charge in [-0.15, -0.1) is 11.3 Å². The van der Waals surface area contributed by atoms with Gasteiger partial charge in [0.25, 0.3) is 5.91 Å². The zero-order chi connectivity index (χ0) is 19.1. The molecule has 0 atom stereocenters. The van der Waals surface area contributed by atoms with E-state index in [4.69, 9.17) is 0 Å². The highest BCUT2D eigenvalue weighted by Gasteiger charge is 2.19. The number of anilines is 1. The zero-order valence-corrected chi connectivity index (χ0v) is 14.7. The molecule has 0 radical (unpaired) electrons. The molecule has 0 fully saturated rings. The van der Waals surface area contributed by atoms with Crippen LogP contribution in [0.3, 0.4) is 0 Å². The van der Waals surface area contributed by atoms with Crippen LogP contribution in [0.4, 0.5) is 14.5 Å². The number of rotatable bonds is 7. The van der Waals surface area contributed by atoms with Crippen LogP contribution in [0.15, 0.2) is 35.7 Å². The minimum absolute atomic E-state index is 0.195. The molecule has 3 amide bonds. The average molecular weight is 381 g/mol. The number of likely N-dealkylation sites (N-methyl/N-ethyl adjacent to an activating group) is 1. The summed E-state index contributed by atoms with van der Waals surface area (Å²) in [6.45, 7) is 1.17. The van der Waals surface area contributed by atoms with Gasteiger partial charge in [-0.2, -0.15) is 0 Å². The van der Waals surface area contributed by atoms with Crippen molar-refractivity contribution in [3.63, 3.8) is 0 Å². The molecule has 0 spiro atoms. The van der Waals surface area contributed by atoms with Crippen molar-refractivity contribution >= 4 is 34.7 Å². The molecule has 6 nitrogen and oxygen atoms in total. The normalized spacial score (nSPS) is 10.3. The maximum absolute atomic E-state index is 13.6. The maximum atomic E-state index is 13.6. The molecule has 1 aromatic carbocycles. The lowest BCUT2D eigenvalue weighted by atomic mass is 10.3. The summed E-state index contributed by atoms with van der Waals surface area (Å²) in [5.74, 6) is -3.43. The highest BCUT2D eigenvalue weighted by molar-refractivity contribution is 7.12. The molecule has 0 aliphatic heterocycles. The number of para-hydroxylation sites is 1. The maximum Gasteiger partial charge on any atom is 0.261 e. The standard InChI is InChI=1S/C17H17F2N3O3S/c1-2-22(15(24)9-20-17(25)13-7-4-8-26-13)10-14(23)21-16-11(18)5-3-6-12(16)19/h3-8H,2,9-10H2,1H3,(H,20,25)(H,21,23). The predicted octanol–water partition coefficient (Wildman–Crippen LogP) is 2.24. The van der Waals surface area contributed by atoms with Gasteiger partial charge in [-0.05, 0) is 30.5 Å². The van der Waals surface area contributed by atoms with E-state index in [1.54, 1.807) is 24.4 Å². The number of amides is 3. The molecule has 0 aliphatic carbocycles. The fourth-order valence-corrected chi connectivity index (χ4v) is 2.75. The summed E-state index contributed by atoms with van der Waals surface area (Å²) >= 11 is 1.24. The smallest absolute Gasteiger partial charge is 0.261 e. The highest BCUT2D eigenvalue weighted by atomic mass is 32.1. The Labute approximate surface area is 152 Å². The number of nitrogens with zero attached hydrogens (tertiary/aromatic N) is 1. The summed E-state index contributed by atoms with van der Waals surface area (Å²) in [5, 5.41) is 6.32. The van der Waals surface area contributed by atoms with Crippen molar-refractivity contribution in [2.24, 2.45) is 0 Å². The van der Waals surface area contributed by atoms with Crippen LogP contribution in [-0.2, 0) is 9.59 Å². The van der Waals surface area contributed by atoms with E-state index < -0.39 is 35.7 Å². The zero-order valence-electron chi connectivity index (χ0n) is 13.9. The first kappa shape index (κ1) is 19.5. The summed E-state index contributed by atoms with van der Waals surface area (Å²) in [4.78, 5) is 37.6. The van der Waals surface area contributed by atoms with E-state index >= 15 is 0 Å². The number of carbonyl (C=O) groups is 3. The van der Waals surface area contributed by atoms with Crippen molar-refractivity contribution in [1.29, 1.82) is 0 Å². The summed E-state index contributed by atoms with van der Waals surface area (Å²) in [5.41, 5.74) is -0.563.